The Morgan fingerprint density at radius 2 is 1.72 bits per heavy atom. The van der Waals surface area contributed by atoms with Gasteiger partial charge in [0.2, 0.25) is 0 Å². The van der Waals surface area contributed by atoms with Crippen LogP contribution in [0.1, 0.15) is 47.5 Å². The van der Waals surface area contributed by atoms with Crippen LogP contribution in [0.2, 0.25) is 0 Å². The molecule has 144 valence electrons. The zero-order valence-electron chi connectivity index (χ0n) is 15.6. The molecular weight excluding hydrogens is 330 g/mol. The number of carbonyl (C=O) groups excluding carboxylic acids is 3. The molecule has 0 saturated carbocycles. The maximum absolute atomic E-state index is 11.8. The number of ether oxygens (including phenoxy) is 3. The lowest BCUT2D eigenvalue weighted by molar-refractivity contribution is -0.129. The van der Waals surface area contributed by atoms with E-state index in [1.807, 2.05) is 0 Å². The Labute approximate surface area is 148 Å². The predicted molar refractivity (Wildman–Crippen MR) is 89.7 cm³/mol. The van der Waals surface area contributed by atoms with Gasteiger partial charge in [-0.3, -0.25) is 10.2 Å². The van der Waals surface area contributed by atoms with Crippen LogP contribution in [-0.2, 0) is 19.0 Å². The standard InChI is InChI=1S/C16H29N3O6/c1-11(2)24-15(22)19-8-6-12(7-9-19)23-10-13(20)17-18-14(21)25-16(3,4)5/h11-12H,6-10H2,1-5H3,(H,17,20)(H,18,21). The minimum Gasteiger partial charge on any atom is -0.447 e. The summed E-state index contributed by atoms with van der Waals surface area (Å²) in [6.45, 7) is 9.64. The molecule has 0 bridgehead atoms. The largest absolute Gasteiger partial charge is 0.447 e. The van der Waals surface area contributed by atoms with E-state index < -0.39 is 17.6 Å². The summed E-state index contributed by atoms with van der Waals surface area (Å²) in [6, 6.07) is 0. The molecule has 0 aromatic rings. The van der Waals surface area contributed by atoms with E-state index in [-0.39, 0.29) is 24.9 Å². The van der Waals surface area contributed by atoms with Crippen LogP contribution < -0.4 is 10.9 Å². The molecule has 0 aromatic carbocycles. The highest BCUT2D eigenvalue weighted by Crippen LogP contribution is 2.15. The van der Waals surface area contributed by atoms with E-state index in [0.717, 1.165) is 0 Å². The van der Waals surface area contributed by atoms with E-state index in [4.69, 9.17) is 14.2 Å². The smallest absolute Gasteiger partial charge is 0.426 e. The number of hydrogen-bond donors (Lipinski definition) is 2. The van der Waals surface area contributed by atoms with E-state index in [1.165, 1.54) is 0 Å². The summed E-state index contributed by atoms with van der Waals surface area (Å²) in [7, 11) is 0. The van der Waals surface area contributed by atoms with Crippen LogP contribution in [0.3, 0.4) is 0 Å². The van der Waals surface area contributed by atoms with Crippen LogP contribution in [0.15, 0.2) is 0 Å². The summed E-state index contributed by atoms with van der Waals surface area (Å²) < 4.78 is 15.6. The first kappa shape index (κ1) is 21.0. The number of carbonyl (C=O) groups is 3. The molecule has 1 fully saturated rings. The van der Waals surface area contributed by atoms with Crippen molar-refractivity contribution in [2.24, 2.45) is 0 Å². The van der Waals surface area contributed by atoms with Gasteiger partial charge < -0.3 is 19.1 Å². The third kappa shape index (κ3) is 9.13. The Hall–Kier alpha value is -2.03. The lowest BCUT2D eigenvalue weighted by Gasteiger charge is -2.31. The zero-order valence-corrected chi connectivity index (χ0v) is 15.6. The van der Waals surface area contributed by atoms with Gasteiger partial charge >= 0.3 is 12.2 Å². The van der Waals surface area contributed by atoms with E-state index in [1.54, 1.807) is 39.5 Å². The fraction of sp³-hybridized carbons (Fsp3) is 0.812. The van der Waals surface area contributed by atoms with E-state index in [0.29, 0.717) is 25.9 Å². The van der Waals surface area contributed by atoms with Crippen LogP contribution in [0.25, 0.3) is 0 Å². The molecule has 9 heteroatoms. The van der Waals surface area contributed by atoms with Crippen molar-refractivity contribution in [2.45, 2.75) is 65.3 Å². The Bertz CT molecular complexity index is 467. The molecule has 1 heterocycles. The van der Waals surface area contributed by atoms with Gasteiger partial charge in [-0.05, 0) is 47.5 Å². The third-order valence-electron chi connectivity index (χ3n) is 3.19. The SMILES string of the molecule is CC(C)OC(=O)N1CCC(OCC(=O)NNC(=O)OC(C)(C)C)CC1. The molecule has 1 aliphatic rings. The first-order valence-corrected chi connectivity index (χ1v) is 8.42. The number of nitrogens with one attached hydrogen (secondary N) is 2. The normalized spacial score (nSPS) is 15.7. The first-order valence-electron chi connectivity index (χ1n) is 8.42. The molecule has 0 spiro atoms. The van der Waals surface area contributed by atoms with Crippen molar-refractivity contribution >= 4 is 18.1 Å². The van der Waals surface area contributed by atoms with Crippen molar-refractivity contribution in [3.05, 3.63) is 0 Å². The molecule has 2 N–H and O–H groups in total. The fourth-order valence-electron chi connectivity index (χ4n) is 2.14. The van der Waals surface area contributed by atoms with Gasteiger partial charge in [0.25, 0.3) is 5.91 Å². The summed E-state index contributed by atoms with van der Waals surface area (Å²) in [5.41, 5.74) is 3.73. The Balaban J connectivity index is 2.19. The van der Waals surface area contributed by atoms with Gasteiger partial charge in [-0.25, -0.2) is 15.0 Å². The van der Waals surface area contributed by atoms with Crippen LogP contribution in [0.5, 0.6) is 0 Å². The Morgan fingerprint density at radius 1 is 1.12 bits per heavy atom. The molecule has 3 amide bonds. The van der Waals surface area contributed by atoms with Crippen molar-refractivity contribution in [1.29, 1.82) is 0 Å². The van der Waals surface area contributed by atoms with Gasteiger partial charge in [0.1, 0.15) is 12.2 Å². The molecule has 0 unspecified atom stereocenters. The highest BCUT2D eigenvalue weighted by Gasteiger charge is 2.25. The van der Waals surface area contributed by atoms with Gasteiger partial charge in [0.05, 0.1) is 12.2 Å². The van der Waals surface area contributed by atoms with Crippen molar-refractivity contribution < 1.29 is 28.6 Å². The van der Waals surface area contributed by atoms with E-state index in [2.05, 4.69) is 10.9 Å². The van der Waals surface area contributed by atoms with Gasteiger partial charge in [-0.15, -0.1) is 0 Å². The quantitative estimate of drug-likeness (QED) is 0.738. The fourth-order valence-corrected chi connectivity index (χ4v) is 2.14. The average Bonchev–Trinajstić information content (AvgIpc) is 2.49. The topological polar surface area (TPSA) is 106 Å². The minimum absolute atomic E-state index is 0.115. The maximum Gasteiger partial charge on any atom is 0.426 e. The first-order chi connectivity index (χ1) is 11.6. The average molecular weight is 359 g/mol. The Morgan fingerprint density at radius 3 is 2.24 bits per heavy atom. The van der Waals surface area contributed by atoms with Gasteiger partial charge in [0.15, 0.2) is 0 Å². The highest BCUT2D eigenvalue weighted by molar-refractivity contribution is 5.80. The zero-order chi connectivity index (χ0) is 19.0. The summed E-state index contributed by atoms with van der Waals surface area (Å²) in [6.07, 6.45) is -0.0801. The molecule has 1 saturated heterocycles. The van der Waals surface area contributed by atoms with E-state index >= 15 is 0 Å². The number of piperidine rings is 1. The lowest BCUT2D eigenvalue weighted by Crippen LogP contribution is -2.46. The van der Waals surface area contributed by atoms with Crippen molar-refractivity contribution in [1.82, 2.24) is 15.8 Å². The van der Waals surface area contributed by atoms with Crippen LogP contribution >= 0.6 is 0 Å². The number of hydrazine groups is 1. The molecular formula is C16H29N3O6. The molecule has 1 aliphatic heterocycles. The van der Waals surface area contributed by atoms with Crippen molar-refractivity contribution in [3.8, 4) is 0 Å². The summed E-state index contributed by atoms with van der Waals surface area (Å²) in [4.78, 5) is 36.5. The van der Waals surface area contributed by atoms with Gasteiger partial charge in [0, 0.05) is 13.1 Å². The van der Waals surface area contributed by atoms with Gasteiger partial charge in [-0.2, -0.15) is 0 Å². The number of amides is 3. The summed E-state index contributed by atoms with van der Waals surface area (Å²) in [5.74, 6) is -0.479. The third-order valence-corrected chi connectivity index (χ3v) is 3.19. The predicted octanol–water partition coefficient (Wildman–Crippen LogP) is 1.57. The summed E-state index contributed by atoms with van der Waals surface area (Å²) >= 11 is 0. The number of nitrogens with zero attached hydrogens (tertiary/aromatic N) is 1. The monoisotopic (exact) mass is 359 g/mol. The van der Waals surface area contributed by atoms with E-state index in [9.17, 15) is 14.4 Å². The lowest BCUT2D eigenvalue weighted by atomic mass is 10.1. The Kier molecular flexibility index (Phi) is 7.95. The second kappa shape index (κ2) is 9.45. The minimum atomic E-state index is -0.738. The second-order valence-electron chi connectivity index (χ2n) is 7.10. The highest BCUT2D eigenvalue weighted by atomic mass is 16.6. The summed E-state index contributed by atoms with van der Waals surface area (Å²) in [5, 5.41) is 0. The van der Waals surface area contributed by atoms with Gasteiger partial charge in [-0.1, -0.05) is 0 Å². The van der Waals surface area contributed by atoms with Crippen molar-refractivity contribution in [3.63, 3.8) is 0 Å². The number of hydrogen-bond acceptors (Lipinski definition) is 6. The number of likely N-dealkylation sites (tertiary alicyclic amines) is 1. The molecule has 0 aromatic heterocycles. The second-order valence-corrected chi connectivity index (χ2v) is 7.10. The molecule has 0 aliphatic carbocycles. The molecule has 0 atom stereocenters. The van der Waals surface area contributed by atoms with Crippen LogP contribution in [0, 0.1) is 0 Å². The maximum atomic E-state index is 11.8. The number of rotatable bonds is 4. The molecule has 25 heavy (non-hydrogen) atoms. The molecule has 1 rings (SSSR count). The molecule has 9 nitrogen and oxygen atoms in total. The van der Waals surface area contributed by atoms with Crippen molar-refractivity contribution in [2.75, 3.05) is 19.7 Å². The van der Waals surface area contributed by atoms with Crippen LogP contribution in [-0.4, -0.2) is 60.5 Å². The van der Waals surface area contributed by atoms with Crippen LogP contribution in [0.4, 0.5) is 9.59 Å². The molecule has 0 radical (unpaired) electrons.